The van der Waals surface area contributed by atoms with Crippen molar-refractivity contribution in [2.75, 3.05) is 11.9 Å². The predicted octanol–water partition coefficient (Wildman–Crippen LogP) is 3.17. The quantitative estimate of drug-likeness (QED) is 0.889. The van der Waals surface area contributed by atoms with Gasteiger partial charge in [-0.15, -0.1) is 0 Å². The number of rotatable bonds is 3. The number of anilines is 1. The van der Waals surface area contributed by atoms with E-state index in [1.807, 2.05) is 0 Å². The van der Waals surface area contributed by atoms with E-state index in [1.165, 1.54) is 12.3 Å². The van der Waals surface area contributed by atoms with Crippen LogP contribution in [0.3, 0.4) is 0 Å². The third-order valence-corrected chi connectivity index (χ3v) is 3.57. The molecule has 3 N–H and O–H groups in total. The van der Waals surface area contributed by atoms with Crippen molar-refractivity contribution < 1.29 is 13.2 Å². The Kier molecular flexibility index (Phi) is 3.99. The monoisotopic (exact) mass is 273 g/mol. The van der Waals surface area contributed by atoms with Crippen LogP contribution in [0.1, 0.15) is 37.7 Å². The lowest BCUT2D eigenvalue weighted by atomic mass is 9.82. The van der Waals surface area contributed by atoms with Crippen LogP contribution in [0, 0.1) is 0 Å². The SMILES string of the molecule is NC1(CNc2ncccc2C(F)(F)F)CCCCC1. The average molecular weight is 273 g/mol. The van der Waals surface area contributed by atoms with Crippen molar-refractivity contribution in [2.45, 2.75) is 43.8 Å². The van der Waals surface area contributed by atoms with Gasteiger partial charge in [0.05, 0.1) is 5.56 Å². The topological polar surface area (TPSA) is 50.9 Å². The smallest absolute Gasteiger partial charge is 0.368 e. The fourth-order valence-corrected chi connectivity index (χ4v) is 2.47. The number of nitrogens with two attached hydrogens (primary N) is 1. The summed E-state index contributed by atoms with van der Waals surface area (Å²) in [5.74, 6) is -0.134. The number of nitrogens with zero attached hydrogens (tertiary/aromatic N) is 1. The van der Waals surface area contributed by atoms with E-state index in [4.69, 9.17) is 5.73 Å². The van der Waals surface area contributed by atoms with Gasteiger partial charge in [0.15, 0.2) is 0 Å². The van der Waals surface area contributed by atoms with Crippen LogP contribution < -0.4 is 11.1 Å². The summed E-state index contributed by atoms with van der Waals surface area (Å²) < 4.78 is 38.4. The minimum absolute atomic E-state index is 0.134. The van der Waals surface area contributed by atoms with Gasteiger partial charge in [0.2, 0.25) is 0 Å². The predicted molar refractivity (Wildman–Crippen MR) is 67.7 cm³/mol. The summed E-state index contributed by atoms with van der Waals surface area (Å²) in [6, 6.07) is 2.31. The molecule has 0 aromatic carbocycles. The van der Waals surface area contributed by atoms with Gasteiger partial charge in [-0.25, -0.2) is 4.98 Å². The Morgan fingerprint density at radius 2 is 1.95 bits per heavy atom. The molecule has 0 bridgehead atoms. The van der Waals surface area contributed by atoms with Crippen LogP contribution in [0.25, 0.3) is 0 Å². The van der Waals surface area contributed by atoms with Gasteiger partial charge in [-0.1, -0.05) is 19.3 Å². The van der Waals surface area contributed by atoms with E-state index in [0.29, 0.717) is 6.54 Å². The number of pyridine rings is 1. The van der Waals surface area contributed by atoms with Crippen molar-refractivity contribution in [3.63, 3.8) is 0 Å². The fourth-order valence-electron chi connectivity index (χ4n) is 2.47. The van der Waals surface area contributed by atoms with Crippen LogP contribution in [-0.2, 0) is 6.18 Å². The van der Waals surface area contributed by atoms with Gasteiger partial charge in [0, 0.05) is 18.3 Å². The highest BCUT2D eigenvalue weighted by atomic mass is 19.4. The molecule has 6 heteroatoms. The molecule has 1 heterocycles. The molecule has 1 fully saturated rings. The summed E-state index contributed by atoms with van der Waals surface area (Å²) >= 11 is 0. The summed E-state index contributed by atoms with van der Waals surface area (Å²) in [6.07, 6.45) is 1.85. The first-order valence-electron chi connectivity index (χ1n) is 6.46. The van der Waals surface area contributed by atoms with Gasteiger partial charge in [-0.05, 0) is 25.0 Å². The number of aromatic nitrogens is 1. The second-order valence-electron chi connectivity index (χ2n) is 5.17. The Morgan fingerprint density at radius 3 is 2.58 bits per heavy atom. The molecule has 1 aromatic rings. The standard InChI is InChI=1S/C13H18F3N3/c14-13(15,16)10-5-4-8-18-11(10)19-9-12(17)6-2-1-3-7-12/h4-5,8H,1-3,6-7,9,17H2,(H,18,19). The normalized spacial score (nSPS) is 19.2. The van der Waals surface area contributed by atoms with E-state index in [2.05, 4.69) is 10.3 Å². The first-order chi connectivity index (χ1) is 8.91. The van der Waals surface area contributed by atoms with Gasteiger partial charge in [0.25, 0.3) is 0 Å². The molecular weight excluding hydrogens is 255 g/mol. The van der Waals surface area contributed by atoms with Crippen molar-refractivity contribution in [3.8, 4) is 0 Å². The molecule has 3 nitrogen and oxygen atoms in total. The number of nitrogens with one attached hydrogen (secondary N) is 1. The lowest BCUT2D eigenvalue weighted by Crippen LogP contribution is -2.47. The maximum absolute atomic E-state index is 12.8. The fraction of sp³-hybridized carbons (Fsp3) is 0.615. The van der Waals surface area contributed by atoms with E-state index in [9.17, 15) is 13.2 Å². The summed E-state index contributed by atoms with van der Waals surface area (Å²) in [6.45, 7) is 0.326. The lowest BCUT2D eigenvalue weighted by Gasteiger charge is -2.33. The Hall–Kier alpha value is -1.30. The molecule has 0 saturated heterocycles. The molecule has 0 unspecified atom stereocenters. The first kappa shape index (κ1) is 14.1. The van der Waals surface area contributed by atoms with Crippen LogP contribution in [0.15, 0.2) is 18.3 Å². The lowest BCUT2D eigenvalue weighted by molar-refractivity contribution is -0.137. The molecular formula is C13H18F3N3. The molecule has 19 heavy (non-hydrogen) atoms. The molecule has 1 aliphatic rings. The van der Waals surface area contributed by atoms with Crippen molar-refractivity contribution in [3.05, 3.63) is 23.9 Å². The van der Waals surface area contributed by atoms with Crippen LogP contribution >= 0.6 is 0 Å². The molecule has 106 valence electrons. The van der Waals surface area contributed by atoms with Gasteiger partial charge < -0.3 is 11.1 Å². The highest BCUT2D eigenvalue weighted by Gasteiger charge is 2.35. The number of hydrogen-bond donors (Lipinski definition) is 2. The number of hydrogen-bond acceptors (Lipinski definition) is 3. The Bertz CT molecular complexity index is 425. The van der Waals surface area contributed by atoms with E-state index in [0.717, 1.165) is 38.2 Å². The molecule has 0 spiro atoms. The molecule has 1 aliphatic carbocycles. The molecule has 1 saturated carbocycles. The van der Waals surface area contributed by atoms with Crippen molar-refractivity contribution in [2.24, 2.45) is 5.73 Å². The maximum Gasteiger partial charge on any atom is 0.419 e. The summed E-state index contributed by atoms with van der Waals surface area (Å²) in [5, 5.41) is 2.77. The Balaban J connectivity index is 2.07. The van der Waals surface area contributed by atoms with E-state index in [-0.39, 0.29) is 5.82 Å². The summed E-state index contributed by atoms with van der Waals surface area (Å²) in [4.78, 5) is 3.77. The van der Waals surface area contributed by atoms with Gasteiger partial charge in [0.1, 0.15) is 5.82 Å². The van der Waals surface area contributed by atoms with Crippen LogP contribution in [-0.4, -0.2) is 17.1 Å². The summed E-state index contributed by atoms with van der Waals surface area (Å²) in [5.41, 5.74) is 5.04. The number of halogens is 3. The summed E-state index contributed by atoms with van der Waals surface area (Å²) in [7, 11) is 0. The largest absolute Gasteiger partial charge is 0.419 e. The van der Waals surface area contributed by atoms with Crippen molar-refractivity contribution in [1.29, 1.82) is 0 Å². The zero-order valence-electron chi connectivity index (χ0n) is 10.6. The maximum atomic E-state index is 12.8. The first-order valence-corrected chi connectivity index (χ1v) is 6.46. The molecule has 0 amide bonds. The van der Waals surface area contributed by atoms with Crippen molar-refractivity contribution >= 4 is 5.82 Å². The second-order valence-corrected chi connectivity index (χ2v) is 5.17. The van der Waals surface area contributed by atoms with Crippen LogP contribution in [0.2, 0.25) is 0 Å². The Labute approximate surface area is 110 Å². The minimum atomic E-state index is -4.40. The third-order valence-electron chi connectivity index (χ3n) is 3.57. The van der Waals surface area contributed by atoms with E-state index in [1.54, 1.807) is 0 Å². The van der Waals surface area contributed by atoms with Crippen LogP contribution in [0.4, 0.5) is 19.0 Å². The zero-order valence-corrected chi connectivity index (χ0v) is 10.6. The minimum Gasteiger partial charge on any atom is -0.368 e. The average Bonchev–Trinajstić information content (AvgIpc) is 2.37. The second kappa shape index (κ2) is 5.36. The molecule has 2 rings (SSSR count). The number of alkyl halides is 3. The molecule has 1 aromatic heterocycles. The van der Waals surface area contributed by atoms with Crippen LogP contribution in [0.5, 0.6) is 0 Å². The van der Waals surface area contributed by atoms with E-state index >= 15 is 0 Å². The zero-order chi connectivity index (χ0) is 13.9. The highest BCUT2D eigenvalue weighted by molar-refractivity contribution is 5.45. The molecule has 0 atom stereocenters. The third kappa shape index (κ3) is 3.59. The Morgan fingerprint density at radius 1 is 1.26 bits per heavy atom. The van der Waals surface area contributed by atoms with E-state index < -0.39 is 17.3 Å². The van der Waals surface area contributed by atoms with Crippen molar-refractivity contribution in [1.82, 2.24) is 4.98 Å². The van der Waals surface area contributed by atoms with Gasteiger partial charge >= 0.3 is 6.18 Å². The molecule has 0 aliphatic heterocycles. The van der Waals surface area contributed by atoms with Gasteiger partial charge in [-0.2, -0.15) is 13.2 Å². The molecule has 0 radical (unpaired) electrons. The highest BCUT2D eigenvalue weighted by Crippen LogP contribution is 2.34. The van der Waals surface area contributed by atoms with Gasteiger partial charge in [-0.3, -0.25) is 0 Å².